The van der Waals surface area contributed by atoms with Crippen LogP contribution in [0.4, 0.5) is 0 Å². The fourth-order valence-corrected chi connectivity index (χ4v) is 2.77. The second-order valence-corrected chi connectivity index (χ2v) is 7.90. The molecule has 0 N–H and O–H groups in total. The van der Waals surface area contributed by atoms with Crippen LogP contribution in [0.5, 0.6) is 0 Å². The van der Waals surface area contributed by atoms with E-state index in [4.69, 9.17) is 23.2 Å². The molecule has 0 aromatic heterocycles. The summed E-state index contributed by atoms with van der Waals surface area (Å²) in [5, 5.41) is 0.927. The summed E-state index contributed by atoms with van der Waals surface area (Å²) >= 11 is 11.9. The number of halogens is 2. The Bertz CT molecular complexity index is 472. The van der Waals surface area contributed by atoms with Gasteiger partial charge in [-0.1, -0.05) is 57.8 Å². The van der Waals surface area contributed by atoms with Crippen molar-refractivity contribution in [2.75, 3.05) is 0 Å². The molecule has 0 saturated heterocycles. The smallest absolute Gasteiger partial charge is 0.166 e. The maximum absolute atomic E-state index is 12.7. The van der Waals surface area contributed by atoms with Gasteiger partial charge in [-0.2, -0.15) is 0 Å². The fourth-order valence-electron chi connectivity index (χ4n) is 2.48. The van der Waals surface area contributed by atoms with Crippen LogP contribution in [0.25, 0.3) is 0 Å². The van der Waals surface area contributed by atoms with Crippen molar-refractivity contribution in [3.8, 4) is 0 Å². The molecule has 0 aliphatic heterocycles. The Kier molecular flexibility index (Phi) is 6.09. The first-order valence-corrected chi connectivity index (χ1v) is 7.85. The minimum Gasteiger partial charge on any atom is -0.294 e. The molecule has 112 valence electrons. The third-order valence-electron chi connectivity index (χ3n) is 3.19. The maximum atomic E-state index is 12.7. The van der Waals surface area contributed by atoms with Crippen LogP contribution < -0.4 is 0 Å². The predicted molar refractivity (Wildman–Crippen MR) is 87.8 cm³/mol. The number of hydrogen-bond donors (Lipinski definition) is 0. The number of rotatable bonds is 5. The van der Waals surface area contributed by atoms with Crippen LogP contribution in [0.1, 0.15) is 57.8 Å². The van der Waals surface area contributed by atoms with Gasteiger partial charge >= 0.3 is 0 Å². The third-order valence-corrected chi connectivity index (χ3v) is 3.93. The second kappa shape index (κ2) is 6.95. The molecule has 0 spiro atoms. The molecule has 1 rings (SSSR count). The third kappa shape index (κ3) is 5.46. The Morgan fingerprint density at radius 1 is 1.15 bits per heavy atom. The highest BCUT2D eigenvalue weighted by Crippen LogP contribution is 2.32. The van der Waals surface area contributed by atoms with Gasteiger partial charge in [0.2, 0.25) is 0 Å². The summed E-state index contributed by atoms with van der Waals surface area (Å²) in [6.45, 7) is 10.8. The van der Waals surface area contributed by atoms with Crippen LogP contribution in [-0.2, 0) is 0 Å². The zero-order valence-electron chi connectivity index (χ0n) is 13.0. The lowest BCUT2D eigenvalue weighted by atomic mass is 9.78. The number of Topliss-reactive ketones (excluding diaryl/α,β-unsaturated/α-hetero) is 1. The SMILES string of the molecule is CC(C)CC(CC(C)(C)C)C(=O)c1ccc(Cl)c(Cl)c1. The number of benzene rings is 1. The van der Waals surface area contributed by atoms with Gasteiger partial charge in [0.1, 0.15) is 0 Å². The van der Waals surface area contributed by atoms with Crippen molar-refractivity contribution in [2.45, 2.75) is 47.5 Å². The molecule has 0 bridgehead atoms. The van der Waals surface area contributed by atoms with E-state index in [2.05, 4.69) is 34.6 Å². The van der Waals surface area contributed by atoms with Gasteiger partial charge in [-0.05, 0) is 42.4 Å². The van der Waals surface area contributed by atoms with Gasteiger partial charge in [-0.3, -0.25) is 4.79 Å². The molecule has 3 heteroatoms. The van der Waals surface area contributed by atoms with E-state index in [0.29, 0.717) is 21.5 Å². The van der Waals surface area contributed by atoms with E-state index < -0.39 is 0 Å². The van der Waals surface area contributed by atoms with Crippen molar-refractivity contribution >= 4 is 29.0 Å². The summed E-state index contributed by atoms with van der Waals surface area (Å²) in [6, 6.07) is 5.15. The lowest BCUT2D eigenvalue weighted by molar-refractivity contribution is 0.0861. The lowest BCUT2D eigenvalue weighted by Gasteiger charge is -2.26. The summed E-state index contributed by atoms with van der Waals surface area (Å²) in [4.78, 5) is 12.7. The van der Waals surface area contributed by atoms with E-state index >= 15 is 0 Å². The van der Waals surface area contributed by atoms with Crippen molar-refractivity contribution in [2.24, 2.45) is 17.3 Å². The van der Waals surface area contributed by atoms with Crippen LogP contribution in [-0.4, -0.2) is 5.78 Å². The fraction of sp³-hybridized carbons (Fsp3) is 0.588. The van der Waals surface area contributed by atoms with Crippen LogP contribution in [0.3, 0.4) is 0 Å². The van der Waals surface area contributed by atoms with E-state index in [1.165, 1.54) is 0 Å². The lowest BCUT2D eigenvalue weighted by Crippen LogP contribution is -2.23. The van der Waals surface area contributed by atoms with Gasteiger partial charge in [-0.15, -0.1) is 0 Å². The number of hydrogen-bond acceptors (Lipinski definition) is 1. The molecule has 0 aliphatic rings. The van der Waals surface area contributed by atoms with Crippen LogP contribution in [0.2, 0.25) is 10.0 Å². The van der Waals surface area contributed by atoms with Crippen LogP contribution in [0.15, 0.2) is 18.2 Å². The maximum Gasteiger partial charge on any atom is 0.166 e. The Labute approximate surface area is 132 Å². The van der Waals surface area contributed by atoms with Crippen molar-refractivity contribution in [1.82, 2.24) is 0 Å². The summed E-state index contributed by atoms with van der Waals surface area (Å²) in [5.41, 5.74) is 0.792. The molecule has 0 aliphatic carbocycles. The van der Waals surface area contributed by atoms with Gasteiger partial charge < -0.3 is 0 Å². The van der Waals surface area contributed by atoms with Gasteiger partial charge in [0, 0.05) is 11.5 Å². The topological polar surface area (TPSA) is 17.1 Å². The monoisotopic (exact) mass is 314 g/mol. The second-order valence-electron chi connectivity index (χ2n) is 7.08. The Balaban J connectivity index is 2.99. The highest BCUT2D eigenvalue weighted by molar-refractivity contribution is 6.42. The largest absolute Gasteiger partial charge is 0.294 e. The zero-order valence-corrected chi connectivity index (χ0v) is 14.5. The van der Waals surface area contributed by atoms with E-state index in [1.807, 2.05) is 0 Å². The Hall–Kier alpha value is -0.530. The van der Waals surface area contributed by atoms with Crippen molar-refractivity contribution in [3.63, 3.8) is 0 Å². The first kappa shape index (κ1) is 17.5. The van der Waals surface area contributed by atoms with Crippen LogP contribution in [0, 0.1) is 17.3 Å². The minimum atomic E-state index is 0.0345. The summed E-state index contributed by atoms with van der Waals surface area (Å²) < 4.78 is 0. The van der Waals surface area contributed by atoms with Gasteiger partial charge in [0.05, 0.1) is 10.0 Å². The van der Waals surface area contributed by atoms with Crippen molar-refractivity contribution < 1.29 is 4.79 Å². The number of carbonyl (C=O) groups is 1. The molecule has 0 radical (unpaired) electrons. The normalized spacial score (nSPS) is 13.6. The number of carbonyl (C=O) groups excluding carboxylic acids is 1. The molecule has 1 aromatic rings. The average Bonchev–Trinajstić information content (AvgIpc) is 2.28. The van der Waals surface area contributed by atoms with Crippen molar-refractivity contribution in [3.05, 3.63) is 33.8 Å². The van der Waals surface area contributed by atoms with Gasteiger partial charge in [-0.25, -0.2) is 0 Å². The predicted octanol–water partition coefficient (Wildman–Crippen LogP) is 6.27. The molecule has 0 amide bonds. The minimum absolute atomic E-state index is 0.0345. The highest BCUT2D eigenvalue weighted by Gasteiger charge is 2.26. The molecule has 20 heavy (non-hydrogen) atoms. The quantitative estimate of drug-likeness (QED) is 0.585. The van der Waals surface area contributed by atoms with E-state index in [0.717, 1.165) is 12.8 Å². The molecular formula is C17H24Cl2O. The van der Waals surface area contributed by atoms with Gasteiger partial charge in [0.15, 0.2) is 5.78 Å². The molecule has 0 heterocycles. The molecule has 1 atom stereocenters. The summed E-state index contributed by atoms with van der Waals surface area (Å²) in [6.07, 6.45) is 1.78. The highest BCUT2D eigenvalue weighted by atomic mass is 35.5. The zero-order chi connectivity index (χ0) is 15.5. The molecule has 1 nitrogen and oxygen atoms in total. The Morgan fingerprint density at radius 2 is 1.75 bits per heavy atom. The molecule has 1 unspecified atom stereocenters. The van der Waals surface area contributed by atoms with Gasteiger partial charge in [0.25, 0.3) is 0 Å². The van der Waals surface area contributed by atoms with Crippen molar-refractivity contribution in [1.29, 1.82) is 0 Å². The molecule has 0 fully saturated rings. The Morgan fingerprint density at radius 3 is 2.20 bits per heavy atom. The molecular weight excluding hydrogens is 291 g/mol. The number of ketones is 1. The molecule has 1 aromatic carbocycles. The first-order valence-electron chi connectivity index (χ1n) is 7.09. The summed E-state index contributed by atoms with van der Waals surface area (Å²) in [7, 11) is 0. The standard InChI is InChI=1S/C17H24Cl2O/c1-11(2)8-13(10-17(3,4)5)16(20)12-6-7-14(18)15(19)9-12/h6-7,9,11,13H,8,10H2,1-5H3. The summed E-state index contributed by atoms with van der Waals surface area (Å²) in [5.74, 6) is 0.702. The van der Waals surface area contributed by atoms with E-state index in [-0.39, 0.29) is 17.1 Å². The molecule has 0 saturated carbocycles. The van der Waals surface area contributed by atoms with Crippen LogP contribution >= 0.6 is 23.2 Å². The average molecular weight is 315 g/mol. The first-order chi connectivity index (χ1) is 9.10. The van der Waals surface area contributed by atoms with E-state index in [1.54, 1.807) is 18.2 Å². The van der Waals surface area contributed by atoms with E-state index in [9.17, 15) is 4.79 Å².